The summed E-state index contributed by atoms with van der Waals surface area (Å²) in [5.74, 6) is 1.93. The molecular weight excluding hydrogens is 356 g/mol. The average Bonchev–Trinajstić information content (AvgIpc) is 3.11. The maximum atomic E-state index is 12.9. The van der Waals surface area contributed by atoms with Crippen molar-refractivity contribution in [1.29, 1.82) is 0 Å². The first kappa shape index (κ1) is 19.3. The molecule has 0 bridgehead atoms. The van der Waals surface area contributed by atoms with Crippen molar-refractivity contribution < 1.29 is 14.3 Å². The fourth-order valence-electron chi connectivity index (χ4n) is 2.97. The summed E-state index contributed by atoms with van der Waals surface area (Å²) in [5.41, 5.74) is 2.06. The van der Waals surface area contributed by atoms with Crippen LogP contribution in [0.1, 0.15) is 12.6 Å². The number of anilines is 2. The molecule has 0 unspecified atom stereocenters. The lowest BCUT2D eigenvalue weighted by Crippen LogP contribution is -2.32. The first-order chi connectivity index (χ1) is 13.6. The number of carbonyl (C=O) groups excluding carboxylic acids is 1. The molecule has 0 atom stereocenters. The number of methoxy groups -OCH3 is 1. The molecule has 3 aromatic rings. The van der Waals surface area contributed by atoms with E-state index in [-0.39, 0.29) is 6.03 Å². The van der Waals surface area contributed by atoms with Crippen LogP contribution in [0.15, 0.2) is 55.3 Å². The number of nitrogens with zero attached hydrogens (tertiary/aromatic N) is 3. The van der Waals surface area contributed by atoms with Crippen molar-refractivity contribution >= 4 is 23.2 Å². The number of hydrogen-bond acceptors (Lipinski definition) is 4. The molecule has 1 N–H and O–H groups in total. The molecule has 28 heavy (non-hydrogen) atoms. The van der Waals surface area contributed by atoms with Gasteiger partial charge in [-0.05, 0) is 30.7 Å². The molecule has 0 aliphatic rings. The predicted molar refractivity (Wildman–Crippen MR) is 111 cm³/mol. The summed E-state index contributed by atoms with van der Waals surface area (Å²) in [6.45, 7) is 6.06. The lowest BCUT2D eigenvalue weighted by Gasteiger charge is -2.20. The summed E-state index contributed by atoms with van der Waals surface area (Å²) in [5, 5.41) is 2.89. The van der Waals surface area contributed by atoms with Crippen molar-refractivity contribution in [1.82, 2.24) is 9.38 Å². The number of hydrogen-bond donors (Lipinski definition) is 1. The molecule has 0 fully saturated rings. The Morgan fingerprint density at radius 2 is 2.04 bits per heavy atom. The molecule has 0 saturated heterocycles. The van der Waals surface area contributed by atoms with Crippen LogP contribution in [0.25, 0.3) is 5.65 Å². The number of aryl methyl sites for hydroxylation is 1. The van der Waals surface area contributed by atoms with Crippen LogP contribution in [-0.2, 0) is 6.42 Å². The van der Waals surface area contributed by atoms with Crippen LogP contribution in [0.3, 0.4) is 0 Å². The van der Waals surface area contributed by atoms with E-state index in [2.05, 4.69) is 16.9 Å². The minimum Gasteiger partial charge on any atom is -0.495 e. The number of nitrogens with one attached hydrogen (secondary N) is 1. The highest BCUT2D eigenvalue weighted by atomic mass is 16.5. The Morgan fingerprint density at radius 3 is 2.75 bits per heavy atom. The van der Waals surface area contributed by atoms with Crippen LogP contribution >= 0.6 is 0 Å². The maximum Gasteiger partial charge on any atom is 0.327 e. The summed E-state index contributed by atoms with van der Waals surface area (Å²) in [6.07, 6.45) is 4.22. The molecule has 2 amide bonds. The minimum absolute atomic E-state index is 0.293. The molecule has 146 valence electrons. The molecular formula is C21H24N4O3. The van der Waals surface area contributed by atoms with Gasteiger partial charge < -0.3 is 14.8 Å². The fourth-order valence-corrected chi connectivity index (χ4v) is 2.97. The number of para-hydroxylation sites is 2. The third kappa shape index (κ3) is 3.64. The second-order valence-electron chi connectivity index (χ2n) is 6.09. The van der Waals surface area contributed by atoms with Crippen LogP contribution in [0.2, 0.25) is 0 Å². The Hall–Kier alpha value is -3.48. The standard InChI is InChI=1S/C21H24N4O3/c1-5-14-28-18-12-9-13-25-19(18)22-15(6-2)20(25)24(3)21(26)23-16-10-7-8-11-17(16)27-4/h5,7-13H,1,6,14H2,2-4H3,(H,23,26). The highest BCUT2D eigenvalue weighted by molar-refractivity contribution is 6.02. The van der Waals surface area contributed by atoms with E-state index in [0.29, 0.717) is 41.7 Å². The summed E-state index contributed by atoms with van der Waals surface area (Å²) < 4.78 is 12.9. The fraction of sp³-hybridized carbons (Fsp3) is 0.238. The molecule has 2 aromatic heterocycles. The van der Waals surface area contributed by atoms with E-state index >= 15 is 0 Å². The summed E-state index contributed by atoms with van der Waals surface area (Å²) in [4.78, 5) is 19.2. The Labute approximate surface area is 164 Å². The van der Waals surface area contributed by atoms with E-state index < -0.39 is 0 Å². The SMILES string of the molecule is C=CCOc1cccn2c(N(C)C(=O)Nc3ccccc3OC)c(CC)nc12. The lowest BCUT2D eigenvalue weighted by molar-refractivity contribution is 0.257. The van der Waals surface area contributed by atoms with Gasteiger partial charge in [-0.3, -0.25) is 9.30 Å². The molecule has 0 saturated carbocycles. The second-order valence-corrected chi connectivity index (χ2v) is 6.09. The molecule has 0 aliphatic carbocycles. The molecule has 1 aromatic carbocycles. The number of pyridine rings is 1. The van der Waals surface area contributed by atoms with E-state index in [1.807, 2.05) is 41.8 Å². The van der Waals surface area contributed by atoms with Gasteiger partial charge in [0.15, 0.2) is 11.4 Å². The van der Waals surface area contributed by atoms with E-state index in [1.165, 1.54) is 0 Å². The van der Waals surface area contributed by atoms with Crippen molar-refractivity contribution in [2.75, 3.05) is 31.0 Å². The number of carbonyl (C=O) groups is 1. The monoisotopic (exact) mass is 380 g/mol. The van der Waals surface area contributed by atoms with Crippen LogP contribution in [-0.4, -0.2) is 36.2 Å². The Morgan fingerprint density at radius 1 is 1.29 bits per heavy atom. The van der Waals surface area contributed by atoms with Crippen LogP contribution in [0.5, 0.6) is 11.5 Å². The highest BCUT2D eigenvalue weighted by Gasteiger charge is 2.22. The van der Waals surface area contributed by atoms with E-state index in [9.17, 15) is 4.79 Å². The predicted octanol–water partition coefficient (Wildman–Crippen LogP) is 4.14. The topological polar surface area (TPSA) is 68.1 Å². The van der Waals surface area contributed by atoms with Gasteiger partial charge in [-0.25, -0.2) is 9.78 Å². The van der Waals surface area contributed by atoms with Gasteiger partial charge in [0.2, 0.25) is 0 Å². The zero-order chi connectivity index (χ0) is 20.1. The maximum absolute atomic E-state index is 12.9. The second kappa shape index (κ2) is 8.47. The quantitative estimate of drug-likeness (QED) is 0.626. The summed E-state index contributed by atoms with van der Waals surface area (Å²) in [6, 6.07) is 10.7. The molecule has 0 spiro atoms. The minimum atomic E-state index is -0.293. The molecule has 0 aliphatic heterocycles. The van der Waals surface area contributed by atoms with E-state index in [1.54, 1.807) is 37.3 Å². The number of amides is 2. The number of aromatic nitrogens is 2. The van der Waals surface area contributed by atoms with E-state index in [4.69, 9.17) is 9.47 Å². The third-order valence-electron chi connectivity index (χ3n) is 4.32. The molecule has 7 heteroatoms. The van der Waals surface area contributed by atoms with E-state index in [0.717, 1.165) is 5.69 Å². The van der Waals surface area contributed by atoms with Gasteiger partial charge in [0.05, 0.1) is 18.5 Å². The average molecular weight is 380 g/mol. The van der Waals surface area contributed by atoms with Gasteiger partial charge in [0.25, 0.3) is 0 Å². The summed E-state index contributed by atoms with van der Waals surface area (Å²) >= 11 is 0. The zero-order valence-electron chi connectivity index (χ0n) is 16.3. The largest absolute Gasteiger partial charge is 0.495 e. The van der Waals surface area contributed by atoms with Crippen molar-refractivity contribution in [3.05, 3.63) is 60.9 Å². The Kier molecular flexibility index (Phi) is 5.84. The molecule has 2 heterocycles. The normalized spacial score (nSPS) is 10.5. The lowest BCUT2D eigenvalue weighted by atomic mass is 10.3. The van der Waals surface area contributed by atoms with Gasteiger partial charge in [-0.1, -0.05) is 31.7 Å². The first-order valence-electron chi connectivity index (χ1n) is 9.02. The number of fused-ring (bicyclic) bond motifs is 1. The van der Waals surface area contributed by atoms with Gasteiger partial charge in [0, 0.05) is 13.2 Å². The zero-order valence-corrected chi connectivity index (χ0v) is 16.3. The van der Waals surface area contributed by atoms with Crippen molar-refractivity contribution in [2.45, 2.75) is 13.3 Å². The summed E-state index contributed by atoms with van der Waals surface area (Å²) in [7, 11) is 3.28. The van der Waals surface area contributed by atoms with Gasteiger partial charge in [0.1, 0.15) is 18.2 Å². The number of rotatable bonds is 7. The van der Waals surface area contributed by atoms with Crippen molar-refractivity contribution in [3.8, 4) is 11.5 Å². The van der Waals surface area contributed by atoms with Crippen LogP contribution in [0, 0.1) is 0 Å². The Bertz CT molecular complexity index is 996. The molecule has 7 nitrogen and oxygen atoms in total. The van der Waals surface area contributed by atoms with Crippen molar-refractivity contribution in [3.63, 3.8) is 0 Å². The molecule has 3 rings (SSSR count). The highest BCUT2D eigenvalue weighted by Crippen LogP contribution is 2.29. The number of benzene rings is 1. The van der Waals surface area contributed by atoms with Crippen LogP contribution in [0.4, 0.5) is 16.3 Å². The van der Waals surface area contributed by atoms with Gasteiger partial charge in [-0.2, -0.15) is 0 Å². The van der Waals surface area contributed by atoms with Crippen LogP contribution < -0.4 is 19.7 Å². The van der Waals surface area contributed by atoms with Crippen molar-refractivity contribution in [2.24, 2.45) is 0 Å². The number of imidazole rings is 1. The third-order valence-corrected chi connectivity index (χ3v) is 4.32. The van der Waals surface area contributed by atoms with Gasteiger partial charge >= 0.3 is 6.03 Å². The molecule has 0 radical (unpaired) electrons. The smallest absolute Gasteiger partial charge is 0.327 e. The first-order valence-corrected chi connectivity index (χ1v) is 9.02. The number of ether oxygens (including phenoxy) is 2. The Balaban J connectivity index is 1.97. The number of urea groups is 1. The van der Waals surface area contributed by atoms with Gasteiger partial charge in [-0.15, -0.1) is 0 Å².